The first-order chi connectivity index (χ1) is 11.5. The van der Waals surface area contributed by atoms with Gasteiger partial charge in [-0.3, -0.25) is 5.32 Å². The van der Waals surface area contributed by atoms with Gasteiger partial charge in [0.25, 0.3) is 0 Å². The summed E-state index contributed by atoms with van der Waals surface area (Å²) in [5.41, 5.74) is 0.865. The van der Waals surface area contributed by atoms with Gasteiger partial charge in [0.2, 0.25) is 0 Å². The molecule has 2 atom stereocenters. The van der Waals surface area contributed by atoms with Crippen molar-refractivity contribution in [3.8, 4) is 0 Å². The summed E-state index contributed by atoms with van der Waals surface area (Å²) in [6.45, 7) is 2.96. The molecular formula is C17H20FN3O2S. The molecule has 0 radical (unpaired) electrons. The zero-order valence-electron chi connectivity index (χ0n) is 13.4. The number of aromatic nitrogens is 1. The van der Waals surface area contributed by atoms with Gasteiger partial charge in [-0.2, -0.15) is 0 Å². The molecule has 2 unspecified atom stereocenters. The molecule has 1 aromatic heterocycles. The molecule has 0 saturated carbocycles. The molecule has 24 heavy (non-hydrogen) atoms. The molecule has 3 rings (SSSR count). The molecule has 0 aliphatic carbocycles. The number of hydrogen-bond donors (Lipinski definition) is 2. The van der Waals surface area contributed by atoms with E-state index in [0.29, 0.717) is 24.6 Å². The molecule has 0 bridgehead atoms. The second kappa shape index (κ2) is 7.27. The number of amides is 2. The molecule has 1 aliphatic rings. The maximum atomic E-state index is 13.2. The van der Waals surface area contributed by atoms with Gasteiger partial charge in [0, 0.05) is 30.6 Å². The van der Waals surface area contributed by atoms with E-state index in [-0.39, 0.29) is 17.8 Å². The van der Waals surface area contributed by atoms with Crippen LogP contribution >= 0.6 is 11.3 Å². The van der Waals surface area contributed by atoms with Crippen molar-refractivity contribution in [1.29, 1.82) is 0 Å². The van der Waals surface area contributed by atoms with Crippen molar-refractivity contribution in [3.63, 3.8) is 0 Å². The first-order valence-electron chi connectivity index (χ1n) is 7.94. The highest BCUT2D eigenvalue weighted by Crippen LogP contribution is 2.23. The third-order valence-electron chi connectivity index (χ3n) is 4.24. The second-order valence-corrected chi connectivity index (χ2v) is 7.26. The number of halogens is 1. The van der Waals surface area contributed by atoms with Gasteiger partial charge in [0.1, 0.15) is 5.82 Å². The number of rotatable bonds is 3. The van der Waals surface area contributed by atoms with E-state index in [0.717, 1.165) is 16.9 Å². The summed E-state index contributed by atoms with van der Waals surface area (Å²) < 4.78 is 13.2. The Bertz CT molecular complexity index is 721. The molecule has 2 N–H and O–H groups in total. The number of carbonyl (C=O) groups is 1. The fourth-order valence-electron chi connectivity index (χ4n) is 2.70. The standard InChI is InChI=1S/C17H20FN3O2S/c1-11-5-6-21(10-15(11)22)17(23)20-16-19-9-14(24-16)8-12-3-2-4-13(18)7-12/h2-4,7,9,11,15,22H,5-6,8,10H2,1H3,(H,19,20,23). The monoisotopic (exact) mass is 349 g/mol. The number of likely N-dealkylation sites (tertiary alicyclic amines) is 1. The van der Waals surface area contributed by atoms with Crippen LogP contribution in [-0.4, -0.2) is 40.2 Å². The lowest BCUT2D eigenvalue weighted by molar-refractivity contribution is 0.0464. The number of nitrogens with zero attached hydrogens (tertiary/aromatic N) is 2. The number of urea groups is 1. The number of β-amino-alcohol motifs (C(OH)–C–C–N with tert-alkyl or cyclic N) is 1. The quantitative estimate of drug-likeness (QED) is 0.895. The molecule has 2 amide bonds. The summed E-state index contributed by atoms with van der Waals surface area (Å²) in [5, 5.41) is 13.2. The Kier molecular flexibility index (Phi) is 5.11. The third kappa shape index (κ3) is 4.10. The van der Waals surface area contributed by atoms with Crippen LogP contribution in [0.2, 0.25) is 0 Å². The largest absolute Gasteiger partial charge is 0.391 e. The van der Waals surface area contributed by atoms with E-state index in [1.807, 2.05) is 13.0 Å². The number of nitrogens with one attached hydrogen (secondary N) is 1. The average molecular weight is 349 g/mol. The van der Waals surface area contributed by atoms with Crippen molar-refractivity contribution < 1.29 is 14.3 Å². The number of hydrogen-bond acceptors (Lipinski definition) is 4. The lowest BCUT2D eigenvalue weighted by Gasteiger charge is -2.33. The predicted octanol–water partition coefficient (Wildman–Crippen LogP) is 3.11. The van der Waals surface area contributed by atoms with Crippen molar-refractivity contribution in [1.82, 2.24) is 9.88 Å². The molecule has 1 saturated heterocycles. The van der Waals surface area contributed by atoms with Gasteiger partial charge in [-0.1, -0.05) is 19.1 Å². The predicted molar refractivity (Wildman–Crippen MR) is 91.7 cm³/mol. The minimum atomic E-state index is -0.482. The summed E-state index contributed by atoms with van der Waals surface area (Å²) in [6.07, 6.45) is 2.57. The van der Waals surface area contributed by atoms with Crippen LogP contribution in [0.1, 0.15) is 23.8 Å². The van der Waals surface area contributed by atoms with E-state index in [4.69, 9.17) is 0 Å². The highest BCUT2D eigenvalue weighted by molar-refractivity contribution is 7.15. The molecule has 1 fully saturated rings. The van der Waals surface area contributed by atoms with E-state index in [9.17, 15) is 14.3 Å². The Morgan fingerprint density at radius 3 is 3.12 bits per heavy atom. The van der Waals surface area contributed by atoms with Crippen LogP contribution in [-0.2, 0) is 6.42 Å². The van der Waals surface area contributed by atoms with Crippen LogP contribution in [0.4, 0.5) is 14.3 Å². The van der Waals surface area contributed by atoms with E-state index < -0.39 is 6.10 Å². The highest BCUT2D eigenvalue weighted by Gasteiger charge is 2.27. The van der Waals surface area contributed by atoms with Gasteiger partial charge >= 0.3 is 6.03 Å². The van der Waals surface area contributed by atoms with Crippen LogP contribution in [0.15, 0.2) is 30.5 Å². The minimum Gasteiger partial charge on any atom is -0.391 e. The van der Waals surface area contributed by atoms with Crippen molar-refractivity contribution in [2.75, 3.05) is 18.4 Å². The molecule has 7 heteroatoms. The number of aliphatic hydroxyl groups is 1. The van der Waals surface area contributed by atoms with Crippen LogP contribution < -0.4 is 5.32 Å². The first kappa shape index (κ1) is 16.9. The van der Waals surface area contributed by atoms with Crippen molar-refractivity contribution >= 4 is 22.5 Å². The number of anilines is 1. The van der Waals surface area contributed by atoms with E-state index in [2.05, 4.69) is 10.3 Å². The minimum absolute atomic E-state index is 0.215. The van der Waals surface area contributed by atoms with Gasteiger partial charge in [-0.25, -0.2) is 14.2 Å². The third-order valence-corrected chi connectivity index (χ3v) is 5.15. The summed E-state index contributed by atoms with van der Waals surface area (Å²) in [6, 6.07) is 6.20. The fraction of sp³-hybridized carbons (Fsp3) is 0.412. The topological polar surface area (TPSA) is 65.5 Å². The number of thiazole rings is 1. The van der Waals surface area contributed by atoms with Crippen molar-refractivity contribution in [2.24, 2.45) is 5.92 Å². The smallest absolute Gasteiger partial charge is 0.323 e. The molecule has 128 valence electrons. The molecular weight excluding hydrogens is 329 g/mol. The van der Waals surface area contributed by atoms with Gasteiger partial charge in [0.05, 0.1) is 6.10 Å². The highest BCUT2D eigenvalue weighted by atomic mass is 32.1. The number of benzene rings is 1. The molecule has 1 aliphatic heterocycles. The summed E-state index contributed by atoms with van der Waals surface area (Å²) in [4.78, 5) is 19.0. The second-order valence-electron chi connectivity index (χ2n) is 6.15. The van der Waals surface area contributed by atoms with E-state index in [1.165, 1.54) is 23.5 Å². The number of aliphatic hydroxyl groups excluding tert-OH is 1. The molecule has 5 nitrogen and oxygen atoms in total. The summed E-state index contributed by atoms with van der Waals surface area (Å²) in [7, 11) is 0. The number of carbonyl (C=O) groups excluding carboxylic acids is 1. The Labute approximate surface area is 144 Å². The van der Waals surface area contributed by atoms with E-state index in [1.54, 1.807) is 17.2 Å². The van der Waals surface area contributed by atoms with Gasteiger partial charge < -0.3 is 10.0 Å². The maximum absolute atomic E-state index is 13.2. The molecule has 2 heterocycles. The van der Waals surface area contributed by atoms with Crippen molar-refractivity contribution in [2.45, 2.75) is 25.9 Å². The SMILES string of the molecule is CC1CCN(C(=O)Nc2ncc(Cc3cccc(F)c3)s2)CC1O. The Balaban J connectivity index is 1.58. The fourth-order valence-corrected chi connectivity index (χ4v) is 3.54. The Morgan fingerprint density at radius 1 is 1.54 bits per heavy atom. The van der Waals surface area contributed by atoms with Gasteiger partial charge in [-0.15, -0.1) is 11.3 Å². The summed E-state index contributed by atoms with van der Waals surface area (Å²) >= 11 is 1.37. The summed E-state index contributed by atoms with van der Waals surface area (Å²) in [5.74, 6) is -0.0461. The van der Waals surface area contributed by atoms with Crippen LogP contribution in [0.3, 0.4) is 0 Å². The van der Waals surface area contributed by atoms with Gasteiger partial charge in [0.15, 0.2) is 5.13 Å². The molecule has 2 aromatic rings. The Morgan fingerprint density at radius 2 is 2.38 bits per heavy atom. The Hall–Kier alpha value is -1.99. The van der Waals surface area contributed by atoms with Crippen LogP contribution in [0.5, 0.6) is 0 Å². The zero-order chi connectivity index (χ0) is 17.1. The van der Waals surface area contributed by atoms with Crippen LogP contribution in [0.25, 0.3) is 0 Å². The zero-order valence-corrected chi connectivity index (χ0v) is 14.2. The normalized spacial score (nSPS) is 20.9. The molecule has 1 aromatic carbocycles. The lowest BCUT2D eigenvalue weighted by Crippen LogP contribution is -2.47. The number of piperidine rings is 1. The first-order valence-corrected chi connectivity index (χ1v) is 8.76. The maximum Gasteiger partial charge on any atom is 0.323 e. The van der Waals surface area contributed by atoms with E-state index >= 15 is 0 Å². The molecule has 0 spiro atoms. The lowest BCUT2D eigenvalue weighted by atomic mass is 9.96. The average Bonchev–Trinajstić information content (AvgIpc) is 2.97. The van der Waals surface area contributed by atoms with Crippen LogP contribution in [0, 0.1) is 11.7 Å². The van der Waals surface area contributed by atoms with Crippen molar-refractivity contribution in [3.05, 3.63) is 46.7 Å². The van der Waals surface area contributed by atoms with Gasteiger partial charge in [-0.05, 0) is 30.0 Å².